The molecule has 0 aliphatic carbocycles. The van der Waals surface area contributed by atoms with E-state index in [1.165, 1.54) is 16.7 Å². The van der Waals surface area contributed by atoms with Crippen LogP contribution in [0.25, 0.3) is 0 Å². The SMILES string of the molecule is CN1C(=O)C(CC(=O)Nc2ccc(I)cc2)SC1=Nc1ccccc1. The van der Waals surface area contributed by atoms with E-state index in [0.29, 0.717) is 5.17 Å². The number of halogens is 1. The van der Waals surface area contributed by atoms with Gasteiger partial charge in [-0.25, -0.2) is 4.99 Å². The minimum Gasteiger partial charge on any atom is -0.326 e. The van der Waals surface area contributed by atoms with Crippen LogP contribution in [0.15, 0.2) is 59.6 Å². The first kappa shape index (κ1) is 17.9. The van der Waals surface area contributed by atoms with Gasteiger partial charge in [-0.3, -0.25) is 14.5 Å². The van der Waals surface area contributed by atoms with Gasteiger partial charge in [0, 0.05) is 22.7 Å². The van der Waals surface area contributed by atoms with Gasteiger partial charge in [-0.1, -0.05) is 30.0 Å². The summed E-state index contributed by atoms with van der Waals surface area (Å²) in [7, 11) is 1.69. The van der Waals surface area contributed by atoms with Gasteiger partial charge in [0.2, 0.25) is 11.8 Å². The number of nitrogens with zero attached hydrogens (tertiary/aromatic N) is 2. The van der Waals surface area contributed by atoms with Gasteiger partial charge in [-0.2, -0.15) is 0 Å². The zero-order valence-electron chi connectivity index (χ0n) is 13.5. The number of carbonyl (C=O) groups excluding carboxylic acids is 2. The first-order valence-corrected chi connectivity index (χ1v) is 9.62. The van der Waals surface area contributed by atoms with Gasteiger partial charge in [0.15, 0.2) is 5.17 Å². The lowest BCUT2D eigenvalue weighted by molar-refractivity contribution is -0.127. The van der Waals surface area contributed by atoms with Gasteiger partial charge in [0.1, 0.15) is 5.25 Å². The van der Waals surface area contributed by atoms with E-state index in [9.17, 15) is 9.59 Å². The minimum absolute atomic E-state index is 0.0996. The number of amidine groups is 1. The Labute approximate surface area is 164 Å². The second-order valence-corrected chi connectivity index (χ2v) is 7.91. The Kier molecular flexibility index (Phi) is 5.74. The molecular formula is C18H16IN3O2S. The van der Waals surface area contributed by atoms with E-state index in [1.807, 2.05) is 54.6 Å². The average Bonchev–Trinajstić information content (AvgIpc) is 2.86. The molecule has 2 amide bonds. The largest absolute Gasteiger partial charge is 0.326 e. The maximum absolute atomic E-state index is 12.4. The number of para-hydroxylation sites is 1. The van der Waals surface area contributed by atoms with Crippen LogP contribution in [-0.4, -0.2) is 34.2 Å². The first-order chi connectivity index (χ1) is 12.0. The van der Waals surface area contributed by atoms with E-state index in [4.69, 9.17) is 0 Å². The lowest BCUT2D eigenvalue weighted by Gasteiger charge is -2.09. The van der Waals surface area contributed by atoms with E-state index >= 15 is 0 Å². The fourth-order valence-electron chi connectivity index (χ4n) is 2.32. The van der Waals surface area contributed by atoms with Crippen molar-refractivity contribution in [2.24, 2.45) is 4.99 Å². The number of carbonyl (C=O) groups is 2. The van der Waals surface area contributed by atoms with Crippen molar-refractivity contribution in [1.29, 1.82) is 0 Å². The molecule has 25 heavy (non-hydrogen) atoms. The van der Waals surface area contributed by atoms with E-state index in [-0.39, 0.29) is 18.2 Å². The maximum atomic E-state index is 12.4. The van der Waals surface area contributed by atoms with Gasteiger partial charge < -0.3 is 5.32 Å². The number of thioether (sulfide) groups is 1. The molecule has 0 saturated carbocycles. The second-order valence-electron chi connectivity index (χ2n) is 5.49. The Morgan fingerprint density at radius 1 is 1.20 bits per heavy atom. The molecule has 0 bridgehead atoms. The summed E-state index contributed by atoms with van der Waals surface area (Å²) in [6, 6.07) is 17.0. The standard InChI is InChI=1S/C18H16IN3O2S/c1-22-17(24)15(25-18(22)21-13-5-3-2-4-6-13)11-16(23)20-14-9-7-12(19)8-10-14/h2-10,15H,11H2,1H3,(H,20,23). The molecule has 2 aromatic rings. The molecular weight excluding hydrogens is 449 g/mol. The Hall–Kier alpha value is -1.87. The van der Waals surface area contributed by atoms with Crippen LogP contribution in [0, 0.1) is 3.57 Å². The van der Waals surface area contributed by atoms with Crippen molar-refractivity contribution in [2.45, 2.75) is 11.7 Å². The number of benzene rings is 2. The summed E-state index contributed by atoms with van der Waals surface area (Å²) >= 11 is 3.53. The summed E-state index contributed by atoms with van der Waals surface area (Å²) in [5, 5.41) is 3.00. The fourth-order valence-corrected chi connectivity index (χ4v) is 3.84. The average molecular weight is 465 g/mol. The predicted molar refractivity (Wildman–Crippen MR) is 110 cm³/mol. The van der Waals surface area contributed by atoms with Crippen molar-refractivity contribution in [3.8, 4) is 0 Å². The summed E-state index contributed by atoms with van der Waals surface area (Å²) in [5.41, 5.74) is 1.51. The van der Waals surface area contributed by atoms with Crippen LogP contribution in [0.1, 0.15) is 6.42 Å². The molecule has 0 aromatic heterocycles. The van der Waals surface area contributed by atoms with Crippen LogP contribution in [-0.2, 0) is 9.59 Å². The molecule has 1 N–H and O–H groups in total. The lowest BCUT2D eigenvalue weighted by atomic mass is 10.2. The Morgan fingerprint density at radius 3 is 2.56 bits per heavy atom. The smallest absolute Gasteiger partial charge is 0.242 e. The highest BCUT2D eigenvalue weighted by molar-refractivity contribution is 14.1. The van der Waals surface area contributed by atoms with Gasteiger partial charge in [-0.15, -0.1) is 0 Å². The molecule has 1 atom stereocenters. The molecule has 5 nitrogen and oxygen atoms in total. The topological polar surface area (TPSA) is 61.8 Å². The zero-order valence-corrected chi connectivity index (χ0v) is 16.5. The van der Waals surface area contributed by atoms with Gasteiger partial charge in [-0.05, 0) is 59.0 Å². The Bertz CT molecular complexity index is 809. The number of rotatable bonds is 4. The van der Waals surface area contributed by atoms with Crippen LogP contribution in [0.2, 0.25) is 0 Å². The summed E-state index contributed by atoms with van der Waals surface area (Å²) in [5.74, 6) is -0.279. The normalized spacial score (nSPS) is 18.6. The van der Waals surface area contributed by atoms with E-state index in [0.717, 1.165) is 14.9 Å². The third-order valence-electron chi connectivity index (χ3n) is 3.62. The molecule has 1 saturated heterocycles. The monoisotopic (exact) mass is 465 g/mol. The van der Waals surface area contributed by atoms with Crippen LogP contribution in [0.5, 0.6) is 0 Å². The summed E-state index contributed by atoms with van der Waals surface area (Å²) < 4.78 is 1.10. The quantitative estimate of drug-likeness (QED) is 0.698. The number of aliphatic imine (C=N–C) groups is 1. The highest BCUT2D eigenvalue weighted by Gasteiger charge is 2.36. The first-order valence-electron chi connectivity index (χ1n) is 7.66. The van der Waals surface area contributed by atoms with Crippen molar-refractivity contribution in [3.05, 3.63) is 58.2 Å². The summed E-state index contributed by atoms with van der Waals surface area (Å²) in [6.07, 6.45) is 0.119. The second kappa shape index (κ2) is 8.01. The number of nitrogens with one attached hydrogen (secondary N) is 1. The molecule has 0 radical (unpaired) electrons. The van der Waals surface area contributed by atoms with Crippen molar-refractivity contribution in [2.75, 3.05) is 12.4 Å². The van der Waals surface area contributed by atoms with Crippen molar-refractivity contribution < 1.29 is 9.59 Å². The van der Waals surface area contributed by atoms with Crippen molar-refractivity contribution in [1.82, 2.24) is 4.90 Å². The number of amides is 2. The predicted octanol–water partition coefficient (Wildman–Crippen LogP) is 3.88. The molecule has 7 heteroatoms. The van der Waals surface area contributed by atoms with E-state index in [1.54, 1.807) is 7.05 Å². The molecule has 1 heterocycles. The molecule has 0 spiro atoms. The number of anilines is 1. The van der Waals surface area contributed by atoms with Crippen LogP contribution < -0.4 is 5.32 Å². The van der Waals surface area contributed by atoms with E-state index < -0.39 is 5.25 Å². The van der Waals surface area contributed by atoms with Gasteiger partial charge in [0.05, 0.1) is 5.69 Å². The van der Waals surface area contributed by atoms with Crippen LogP contribution in [0.4, 0.5) is 11.4 Å². The molecule has 2 aromatic carbocycles. The maximum Gasteiger partial charge on any atom is 0.242 e. The minimum atomic E-state index is -0.448. The molecule has 128 valence electrons. The Morgan fingerprint density at radius 2 is 1.88 bits per heavy atom. The Balaban J connectivity index is 1.65. The van der Waals surface area contributed by atoms with Gasteiger partial charge in [0.25, 0.3) is 0 Å². The third kappa shape index (κ3) is 4.60. The summed E-state index contributed by atoms with van der Waals surface area (Å²) in [4.78, 5) is 30.6. The molecule has 1 fully saturated rings. The fraction of sp³-hybridized carbons (Fsp3) is 0.167. The third-order valence-corrected chi connectivity index (χ3v) is 5.57. The molecule has 1 aliphatic heterocycles. The zero-order chi connectivity index (χ0) is 17.8. The molecule has 3 rings (SSSR count). The molecule has 1 unspecified atom stereocenters. The number of hydrogen-bond donors (Lipinski definition) is 1. The van der Waals surface area contributed by atoms with Crippen molar-refractivity contribution in [3.63, 3.8) is 0 Å². The summed E-state index contributed by atoms with van der Waals surface area (Å²) in [6.45, 7) is 0. The number of hydrogen-bond acceptors (Lipinski definition) is 4. The highest BCUT2D eigenvalue weighted by Crippen LogP contribution is 2.30. The van der Waals surface area contributed by atoms with E-state index in [2.05, 4.69) is 32.9 Å². The van der Waals surface area contributed by atoms with Crippen LogP contribution >= 0.6 is 34.4 Å². The highest BCUT2D eigenvalue weighted by atomic mass is 127. The molecule has 1 aliphatic rings. The van der Waals surface area contributed by atoms with Crippen LogP contribution in [0.3, 0.4) is 0 Å². The van der Waals surface area contributed by atoms with Crippen molar-refractivity contribution >= 4 is 62.7 Å². The van der Waals surface area contributed by atoms with Gasteiger partial charge >= 0.3 is 0 Å². The lowest BCUT2D eigenvalue weighted by Crippen LogP contribution is -2.30.